The zero-order valence-electron chi connectivity index (χ0n) is 10.7. The second kappa shape index (κ2) is 4.62. The van der Waals surface area contributed by atoms with Crippen molar-refractivity contribution < 1.29 is 0 Å². The van der Waals surface area contributed by atoms with Gasteiger partial charge in [-0.25, -0.2) is 15.8 Å². The molecule has 0 fully saturated rings. The van der Waals surface area contributed by atoms with Gasteiger partial charge in [0.05, 0.1) is 11.2 Å². The lowest BCUT2D eigenvalue weighted by atomic mass is 10.2. The monoisotopic (exact) mass is 289 g/mol. The van der Waals surface area contributed by atoms with Crippen LogP contribution in [0.3, 0.4) is 0 Å². The van der Waals surface area contributed by atoms with E-state index < -0.39 is 0 Å². The number of rotatable bonds is 2. The Bertz CT molecular complexity index is 821. The van der Waals surface area contributed by atoms with Crippen molar-refractivity contribution in [2.24, 2.45) is 11.6 Å². The van der Waals surface area contributed by atoms with Gasteiger partial charge in [0.2, 0.25) is 5.28 Å². The minimum Gasteiger partial charge on any atom is -0.394 e. The summed E-state index contributed by atoms with van der Waals surface area (Å²) >= 11 is 6.11. The SMILES string of the molecule is CN(N)/C=C(\N)c1nc2c3ccccc3nc(Cl)n2n1. The van der Waals surface area contributed by atoms with Gasteiger partial charge in [0.25, 0.3) is 0 Å². The summed E-state index contributed by atoms with van der Waals surface area (Å²) in [6.07, 6.45) is 1.53. The summed E-state index contributed by atoms with van der Waals surface area (Å²) in [6.45, 7) is 0. The van der Waals surface area contributed by atoms with E-state index in [9.17, 15) is 0 Å². The molecule has 0 saturated heterocycles. The lowest BCUT2D eigenvalue weighted by Crippen LogP contribution is -2.20. The Kier molecular flexibility index (Phi) is 2.92. The third kappa shape index (κ3) is 2.02. The van der Waals surface area contributed by atoms with Crippen LogP contribution in [0.1, 0.15) is 5.82 Å². The van der Waals surface area contributed by atoms with Crippen molar-refractivity contribution in [2.75, 3.05) is 7.05 Å². The van der Waals surface area contributed by atoms with Crippen LogP contribution in [0.4, 0.5) is 0 Å². The summed E-state index contributed by atoms with van der Waals surface area (Å²) in [6, 6.07) is 7.56. The topological polar surface area (TPSA) is 98.4 Å². The predicted molar refractivity (Wildman–Crippen MR) is 77.4 cm³/mol. The van der Waals surface area contributed by atoms with Gasteiger partial charge < -0.3 is 10.7 Å². The van der Waals surface area contributed by atoms with Crippen LogP contribution in [-0.2, 0) is 0 Å². The maximum atomic E-state index is 6.11. The Hall–Kier alpha value is -2.38. The first-order chi connectivity index (χ1) is 9.56. The van der Waals surface area contributed by atoms with Gasteiger partial charge in [-0.1, -0.05) is 12.1 Å². The van der Waals surface area contributed by atoms with Crippen LogP contribution >= 0.6 is 11.6 Å². The average molecular weight is 290 g/mol. The average Bonchev–Trinajstić information content (AvgIpc) is 2.84. The number of fused-ring (bicyclic) bond motifs is 3. The maximum absolute atomic E-state index is 6.11. The van der Waals surface area contributed by atoms with E-state index in [1.54, 1.807) is 7.05 Å². The van der Waals surface area contributed by atoms with Crippen LogP contribution in [0.5, 0.6) is 0 Å². The second-order valence-electron chi connectivity index (χ2n) is 4.32. The van der Waals surface area contributed by atoms with E-state index >= 15 is 0 Å². The molecule has 0 aliphatic carbocycles. The number of hydrogen-bond donors (Lipinski definition) is 2. The van der Waals surface area contributed by atoms with Crippen molar-refractivity contribution in [2.45, 2.75) is 0 Å². The molecule has 8 heteroatoms. The number of nitrogens with zero attached hydrogens (tertiary/aromatic N) is 5. The largest absolute Gasteiger partial charge is 0.394 e. The van der Waals surface area contributed by atoms with Crippen LogP contribution in [-0.4, -0.2) is 31.6 Å². The number of aromatic nitrogens is 4. The van der Waals surface area contributed by atoms with E-state index in [2.05, 4.69) is 15.1 Å². The fraction of sp³-hybridized carbons (Fsp3) is 0.0833. The van der Waals surface area contributed by atoms with Crippen molar-refractivity contribution in [1.82, 2.24) is 24.6 Å². The zero-order valence-corrected chi connectivity index (χ0v) is 11.4. The van der Waals surface area contributed by atoms with E-state index in [1.165, 1.54) is 15.7 Å². The predicted octanol–water partition coefficient (Wildman–Crippen LogP) is 0.994. The molecule has 0 amide bonds. The molecule has 7 nitrogen and oxygen atoms in total. The quantitative estimate of drug-likeness (QED) is 0.415. The first-order valence-corrected chi connectivity index (χ1v) is 6.20. The Morgan fingerprint density at radius 2 is 2.10 bits per heavy atom. The zero-order chi connectivity index (χ0) is 14.3. The summed E-state index contributed by atoms with van der Waals surface area (Å²) in [5, 5.41) is 6.66. The summed E-state index contributed by atoms with van der Waals surface area (Å²) in [4.78, 5) is 8.67. The lowest BCUT2D eigenvalue weighted by Gasteiger charge is -2.04. The highest BCUT2D eigenvalue weighted by Gasteiger charge is 2.13. The molecule has 3 rings (SSSR count). The van der Waals surface area contributed by atoms with Crippen LogP contribution < -0.4 is 11.6 Å². The van der Waals surface area contributed by atoms with Crippen molar-refractivity contribution in [3.05, 3.63) is 41.6 Å². The van der Waals surface area contributed by atoms with E-state index in [-0.39, 0.29) is 5.28 Å². The van der Waals surface area contributed by atoms with Crippen molar-refractivity contribution in [3.8, 4) is 0 Å². The smallest absolute Gasteiger partial charge is 0.226 e. The van der Waals surface area contributed by atoms with Crippen molar-refractivity contribution >= 4 is 33.8 Å². The number of halogens is 1. The van der Waals surface area contributed by atoms with Gasteiger partial charge in [0, 0.05) is 18.6 Å². The molecule has 0 spiro atoms. The van der Waals surface area contributed by atoms with Gasteiger partial charge in [-0.05, 0) is 23.7 Å². The molecule has 1 aromatic carbocycles. The molecule has 20 heavy (non-hydrogen) atoms. The highest BCUT2D eigenvalue weighted by atomic mass is 35.5. The molecular weight excluding hydrogens is 278 g/mol. The van der Waals surface area contributed by atoms with Crippen LogP contribution in [0, 0.1) is 0 Å². The lowest BCUT2D eigenvalue weighted by molar-refractivity contribution is 0.485. The number of nitrogens with two attached hydrogens (primary N) is 2. The highest BCUT2D eigenvalue weighted by Crippen LogP contribution is 2.21. The second-order valence-corrected chi connectivity index (χ2v) is 4.66. The van der Waals surface area contributed by atoms with E-state index in [0.717, 1.165) is 10.9 Å². The standard InChI is InChI=1S/C12H12ClN7/c1-19(15)6-8(14)10-17-11-7-4-2-3-5-9(7)16-12(13)20(11)18-10/h2-6H,14-15H2,1H3/b8-6-. The van der Waals surface area contributed by atoms with Crippen LogP contribution in [0.15, 0.2) is 30.5 Å². The minimum atomic E-state index is 0.228. The van der Waals surface area contributed by atoms with Gasteiger partial charge in [-0.15, -0.1) is 5.10 Å². The van der Waals surface area contributed by atoms with Gasteiger partial charge in [0.1, 0.15) is 0 Å². The van der Waals surface area contributed by atoms with Crippen molar-refractivity contribution in [3.63, 3.8) is 0 Å². The molecule has 4 N–H and O–H groups in total. The molecule has 0 bridgehead atoms. The van der Waals surface area contributed by atoms with Gasteiger partial charge in [-0.3, -0.25) is 0 Å². The summed E-state index contributed by atoms with van der Waals surface area (Å²) in [5.74, 6) is 5.87. The van der Waals surface area contributed by atoms with Gasteiger partial charge in [-0.2, -0.15) is 4.52 Å². The van der Waals surface area contributed by atoms with E-state index in [0.29, 0.717) is 17.2 Å². The normalized spacial score (nSPS) is 12.2. The number of benzene rings is 1. The number of para-hydroxylation sites is 1. The van der Waals surface area contributed by atoms with Crippen LogP contribution in [0.25, 0.3) is 22.2 Å². The molecule has 0 unspecified atom stereocenters. The highest BCUT2D eigenvalue weighted by molar-refractivity contribution is 6.29. The Labute approximate surface area is 119 Å². The van der Waals surface area contributed by atoms with Crippen LogP contribution in [0.2, 0.25) is 5.28 Å². The maximum Gasteiger partial charge on any atom is 0.226 e. The molecule has 3 aromatic rings. The Balaban J connectivity index is 2.30. The third-order valence-corrected chi connectivity index (χ3v) is 2.99. The first-order valence-electron chi connectivity index (χ1n) is 5.82. The van der Waals surface area contributed by atoms with Gasteiger partial charge in [0.15, 0.2) is 11.5 Å². The molecule has 0 aliphatic heterocycles. The summed E-state index contributed by atoms with van der Waals surface area (Å²) in [5.41, 5.74) is 7.59. The summed E-state index contributed by atoms with van der Waals surface area (Å²) in [7, 11) is 1.66. The molecule has 0 atom stereocenters. The molecule has 0 saturated carbocycles. The van der Waals surface area contributed by atoms with Gasteiger partial charge >= 0.3 is 0 Å². The molecule has 102 valence electrons. The van der Waals surface area contributed by atoms with Crippen molar-refractivity contribution in [1.29, 1.82) is 0 Å². The Morgan fingerprint density at radius 3 is 2.85 bits per heavy atom. The molecular formula is C12H12ClN7. The Morgan fingerprint density at radius 1 is 1.35 bits per heavy atom. The minimum absolute atomic E-state index is 0.228. The fourth-order valence-corrected chi connectivity index (χ4v) is 2.13. The first kappa shape index (κ1) is 12.6. The number of hydrogen-bond acceptors (Lipinski definition) is 6. The number of hydrazine groups is 1. The van der Waals surface area contributed by atoms with E-state index in [4.69, 9.17) is 23.2 Å². The fourth-order valence-electron chi connectivity index (χ4n) is 1.92. The third-order valence-electron chi connectivity index (χ3n) is 2.74. The molecule has 0 aliphatic rings. The molecule has 2 aromatic heterocycles. The van der Waals surface area contributed by atoms with E-state index in [1.807, 2.05) is 24.3 Å². The summed E-state index contributed by atoms with van der Waals surface area (Å²) < 4.78 is 1.45. The molecule has 0 radical (unpaired) electrons. The molecule has 2 heterocycles.